The van der Waals surface area contributed by atoms with E-state index >= 15 is 0 Å². The number of aromatic nitrogens is 1. The highest BCUT2D eigenvalue weighted by molar-refractivity contribution is 7.99. The van der Waals surface area contributed by atoms with Crippen LogP contribution in [0.3, 0.4) is 0 Å². The molecule has 2 rings (SSSR count). The number of carbonyl (C=O) groups is 1. The molecule has 2 aromatic rings. The molecule has 6 heteroatoms. The second kappa shape index (κ2) is 5.85. The summed E-state index contributed by atoms with van der Waals surface area (Å²) in [6, 6.07) is 1.99. The monoisotopic (exact) mass is 323 g/mol. The Morgan fingerprint density at radius 3 is 2.76 bits per heavy atom. The summed E-state index contributed by atoms with van der Waals surface area (Å²) in [4.78, 5) is 18.2. The SMILES string of the molecule is CSC(C)(C)CNC(=O)c1sc2nc(C)cc(C)c2c1N. The molecule has 0 radical (unpaired) electrons. The van der Waals surface area contributed by atoms with Gasteiger partial charge in [-0.2, -0.15) is 11.8 Å². The lowest BCUT2D eigenvalue weighted by Gasteiger charge is -2.22. The van der Waals surface area contributed by atoms with Crippen molar-refractivity contribution in [2.45, 2.75) is 32.4 Å². The highest BCUT2D eigenvalue weighted by Gasteiger charge is 2.22. The van der Waals surface area contributed by atoms with Crippen molar-refractivity contribution in [1.82, 2.24) is 10.3 Å². The number of fused-ring (bicyclic) bond motifs is 1. The van der Waals surface area contributed by atoms with E-state index in [-0.39, 0.29) is 10.7 Å². The fraction of sp³-hybridized carbons (Fsp3) is 0.467. The first kappa shape index (κ1) is 16.1. The fourth-order valence-corrected chi connectivity index (χ4v) is 3.43. The number of thiophene rings is 1. The van der Waals surface area contributed by atoms with Gasteiger partial charge in [0.2, 0.25) is 0 Å². The Hall–Kier alpha value is -1.27. The predicted octanol–water partition coefficient (Wildman–Crippen LogP) is 3.37. The Balaban J connectivity index is 2.32. The maximum Gasteiger partial charge on any atom is 0.263 e. The molecule has 0 aromatic carbocycles. The summed E-state index contributed by atoms with van der Waals surface area (Å²) in [7, 11) is 0. The first-order valence-corrected chi connectivity index (χ1v) is 8.79. The normalized spacial score (nSPS) is 11.9. The van der Waals surface area contributed by atoms with Crippen molar-refractivity contribution in [3.63, 3.8) is 0 Å². The zero-order chi connectivity index (χ0) is 15.8. The molecule has 3 N–H and O–H groups in total. The van der Waals surface area contributed by atoms with Gasteiger partial charge in [0, 0.05) is 22.4 Å². The van der Waals surface area contributed by atoms with E-state index in [9.17, 15) is 4.79 Å². The van der Waals surface area contributed by atoms with Gasteiger partial charge in [-0.25, -0.2) is 4.98 Å². The van der Waals surface area contributed by atoms with Gasteiger partial charge in [0.1, 0.15) is 9.71 Å². The van der Waals surface area contributed by atoms with Crippen LogP contribution in [0.25, 0.3) is 10.2 Å². The molecule has 0 unspecified atom stereocenters. The Labute approximate surface area is 133 Å². The lowest BCUT2D eigenvalue weighted by atomic mass is 10.1. The van der Waals surface area contributed by atoms with Crippen molar-refractivity contribution >= 4 is 44.9 Å². The number of hydrogen-bond donors (Lipinski definition) is 2. The predicted molar refractivity (Wildman–Crippen MR) is 93.4 cm³/mol. The summed E-state index contributed by atoms with van der Waals surface area (Å²) in [5.41, 5.74) is 8.71. The van der Waals surface area contributed by atoms with Crippen LogP contribution in [-0.4, -0.2) is 28.4 Å². The molecule has 1 amide bonds. The second-order valence-corrected chi connectivity index (χ2v) is 8.26. The highest BCUT2D eigenvalue weighted by atomic mass is 32.2. The van der Waals surface area contributed by atoms with Crippen LogP contribution in [0.1, 0.15) is 34.8 Å². The van der Waals surface area contributed by atoms with Crippen molar-refractivity contribution in [2.75, 3.05) is 18.5 Å². The van der Waals surface area contributed by atoms with E-state index in [2.05, 4.69) is 24.1 Å². The quantitative estimate of drug-likeness (QED) is 0.905. The molecule has 0 saturated carbocycles. The number of carbonyl (C=O) groups excluding carboxylic acids is 1. The fourth-order valence-electron chi connectivity index (χ4n) is 2.08. The zero-order valence-corrected chi connectivity index (χ0v) is 14.7. The summed E-state index contributed by atoms with van der Waals surface area (Å²) in [6.45, 7) is 8.75. The Bertz CT molecular complexity index is 692. The van der Waals surface area contributed by atoms with E-state index in [1.165, 1.54) is 11.3 Å². The number of pyridine rings is 1. The molecule has 0 spiro atoms. The van der Waals surface area contributed by atoms with Gasteiger partial charge < -0.3 is 11.1 Å². The van der Waals surface area contributed by atoms with Crippen molar-refractivity contribution in [2.24, 2.45) is 0 Å². The van der Waals surface area contributed by atoms with Crippen LogP contribution in [0.4, 0.5) is 5.69 Å². The van der Waals surface area contributed by atoms with E-state index in [0.717, 1.165) is 21.5 Å². The standard InChI is InChI=1S/C15H21N3OS2/c1-8-6-9(2)18-14-10(8)11(16)12(21-14)13(19)17-7-15(3,4)20-5/h6H,7,16H2,1-5H3,(H,17,19). The number of nitrogens with two attached hydrogens (primary N) is 1. The number of rotatable bonds is 4. The highest BCUT2D eigenvalue weighted by Crippen LogP contribution is 2.35. The average Bonchev–Trinajstić information content (AvgIpc) is 2.73. The van der Waals surface area contributed by atoms with Crippen molar-refractivity contribution in [1.29, 1.82) is 0 Å². The minimum absolute atomic E-state index is 0.00581. The maximum atomic E-state index is 12.4. The van der Waals surface area contributed by atoms with E-state index in [0.29, 0.717) is 17.1 Å². The van der Waals surface area contributed by atoms with Gasteiger partial charge in [0.05, 0.1) is 5.69 Å². The lowest BCUT2D eigenvalue weighted by molar-refractivity contribution is 0.0955. The van der Waals surface area contributed by atoms with Crippen LogP contribution in [0.15, 0.2) is 6.07 Å². The van der Waals surface area contributed by atoms with E-state index in [1.807, 2.05) is 26.2 Å². The first-order valence-electron chi connectivity index (χ1n) is 6.75. The minimum Gasteiger partial charge on any atom is -0.397 e. The second-order valence-electron chi connectivity index (χ2n) is 5.75. The van der Waals surface area contributed by atoms with E-state index in [1.54, 1.807) is 11.8 Å². The number of anilines is 1. The number of hydrogen-bond acceptors (Lipinski definition) is 5. The molecule has 4 nitrogen and oxygen atoms in total. The minimum atomic E-state index is -0.116. The first-order chi connectivity index (χ1) is 9.75. The molecule has 0 aliphatic rings. The largest absolute Gasteiger partial charge is 0.397 e. The molecular weight excluding hydrogens is 302 g/mol. The lowest BCUT2D eigenvalue weighted by Crippen LogP contribution is -2.35. The number of nitrogen functional groups attached to an aromatic ring is 1. The van der Waals surface area contributed by atoms with Crippen LogP contribution in [-0.2, 0) is 0 Å². The third-order valence-electron chi connectivity index (χ3n) is 3.46. The third kappa shape index (κ3) is 3.32. The molecule has 0 atom stereocenters. The summed E-state index contributed by atoms with van der Waals surface area (Å²) in [6.07, 6.45) is 2.04. The molecule has 2 heterocycles. The van der Waals surface area contributed by atoms with Crippen LogP contribution >= 0.6 is 23.1 Å². The molecule has 0 saturated heterocycles. The third-order valence-corrected chi connectivity index (χ3v) is 5.81. The van der Waals surface area contributed by atoms with Crippen LogP contribution < -0.4 is 11.1 Å². The average molecular weight is 323 g/mol. The maximum absolute atomic E-state index is 12.4. The summed E-state index contributed by atoms with van der Waals surface area (Å²) in [5, 5.41) is 3.87. The zero-order valence-electron chi connectivity index (χ0n) is 13.0. The molecule has 0 aliphatic heterocycles. The van der Waals surface area contributed by atoms with Gasteiger partial charge in [0.25, 0.3) is 5.91 Å². The van der Waals surface area contributed by atoms with Gasteiger partial charge in [-0.3, -0.25) is 4.79 Å². The number of thioether (sulfide) groups is 1. The molecule has 0 fully saturated rings. The summed E-state index contributed by atoms with van der Waals surface area (Å²) >= 11 is 3.09. The van der Waals surface area contributed by atoms with Crippen molar-refractivity contribution < 1.29 is 4.79 Å². The van der Waals surface area contributed by atoms with Gasteiger partial charge in [-0.1, -0.05) is 0 Å². The van der Waals surface area contributed by atoms with Crippen LogP contribution in [0.5, 0.6) is 0 Å². The molecule has 2 aromatic heterocycles. The van der Waals surface area contributed by atoms with Gasteiger partial charge in [-0.05, 0) is 45.6 Å². The van der Waals surface area contributed by atoms with E-state index < -0.39 is 0 Å². The van der Waals surface area contributed by atoms with Gasteiger partial charge in [-0.15, -0.1) is 11.3 Å². The smallest absolute Gasteiger partial charge is 0.263 e. The van der Waals surface area contributed by atoms with Crippen molar-refractivity contribution in [3.05, 3.63) is 22.2 Å². The summed E-state index contributed by atoms with van der Waals surface area (Å²) < 4.78 is 0.00581. The number of aryl methyl sites for hydroxylation is 2. The number of amides is 1. The Kier molecular flexibility index (Phi) is 4.49. The van der Waals surface area contributed by atoms with Gasteiger partial charge in [0.15, 0.2) is 0 Å². The van der Waals surface area contributed by atoms with E-state index in [4.69, 9.17) is 5.73 Å². The number of nitrogens with one attached hydrogen (secondary N) is 1. The molecular formula is C15H21N3OS2. The van der Waals surface area contributed by atoms with Crippen LogP contribution in [0.2, 0.25) is 0 Å². The summed E-state index contributed by atoms with van der Waals surface area (Å²) in [5.74, 6) is -0.116. The molecule has 0 bridgehead atoms. The molecule has 114 valence electrons. The van der Waals surface area contributed by atoms with Crippen LogP contribution in [0, 0.1) is 13.8 Å². The Morgan fingerprint density at radius 2 is 2.14 bits per heavy atom. The van der Waals surface area contributed by atoms with Crippen molar-refractivity contribution in [3.8, 4) is 0 Å². The molecule has 21 heavy (non-hydrogen) atoms. The topological polar surface area (TPSA) is 68.0 Å². The number of nitrogens with zero attached hydrogens (tertiary/aromatic N) is 1. The Morgan fingerprint density at radius 1 is 1.48 bits per heavy atom. The van der Waals surface area contributed by atoms with Gasteiger partial charge >= 0.3 is 0 Å². The molecule has 0 aliphatic carbocycles.